The number of carbonyl (C=O) groups excluding carboxylic acids is 1. The van der Waals surface area contributed by atoms with Gasteiger partial charge in [0.15, 0.2) is 0 Å². The van der Waals surface area contributed by atoms with E-state index in [-0.39, 0.29) is 5.91 Å². The van der Waals surface area contributed by atoms with E-state index >= 15 is 0 Å². The Kier molecular flexibility index (Phi) is 4.32. The number of methoxy groups -OCH3 is 1. The van der Waals surface area contributed by atoms with Gasteiger partial charge in [-0.3, -0.25) is 14.0 Å². The molecule has 2 atom stereocenters. The Labute approximate surface area is 117 Å². The topological polar surface area (TPSA) is 111 Å². The van der Waals surface area contributed by atoms with E-state index in [4.69, 9.17) is 16.0 Å². The molecular formula is C12H19N4O3P. The van der Waals surface area contributed by atoms with E-state index in [2.05, 4.69) is 5.09 Å². The molecule has 2 rings (SSSR count). The van der Waals surface area contributed by atoms with Crippen LogP contribution < -0.4 is 21.1 Å². The van der Waals surface area contributed by atoms with Crippen LogP contribution in [0.15, 0.2) is 24.3 Å². The highest BCUT2D eigenvalue weighted by atomic mass is 31.2. The number of piperidine rings is 1. The first-order chi connectivity index (χ1) is 9.44. The predicted octanol–water partition coefficient (Wildman–Crippen LogP) is 1.12. The Hall–Kier alpha value is -1.56. The number of nitrogens with two attached hydrogens (primary N) is 2. The lowest BCUT2D eigenvalue weighted by Gasteiger charge is -2.34. The number of hydrogen-bond acceptors (Lipinski definition) is 4. The normalized spacial score (nSPS) is 22.2. The summed E-state index contributed by atoms with van der Waals surface area (Å²) in [5.74, 6) is 0.307. The second kappa shape index (κ2) is 5.83. The molecule has 0 saturated carbocycles. The third-order valence-electron chi connectivity index (χ3n) is 3.19. The highest BCUT2D eigenvalue weighted by molar-refractivity contribution is 7.61. The van der Waals surface area contributed by atoms with Crippen molar-refractivity contribution < 1.29 is 14.1 Å². The Morgan fingerprint density at radius 2 is 2.05 bits per heavy atom. The second-order valence-electron chi connectivity index (χ2n) is 4.67. The van der Waals surface area contributed by atoms with Gasteiger partial charge in [0.1, 0.15) is 5.75 Å². The third kappa shape index (κ3) is 3.12. The molecule has 20 heavy (non-hydrogen) atoms. The monoisotopic (exact) mass is 298 g/mol. The lowest BCUT2D eigenvalue weighted by molar-refractivity contribution is -0.129. The molecule has 110 valence electrons. The van der Waals surface area contributed by atoms with Gasteiger partial charge in [-0.05, 0) is 37.1 Å². The maximum Gasteiger partial charge on any atom is 0.330 e. The fourth-order valence-electron chi connectivity index (χ4n) is 2.09. The van der Waals surface area contributed by atoms with E-state index in [9.17, 15) is 9.36 Å². The Bertz CT molecular complexity index is 534. The van der Waals surface area contributed by atoms with Crippen molar-refractivity contribution in [1.82, 2.24) is 4.67 Å². The van der Waals surface area contributed by atoms with Crippen LogP contribution >= 0.6 is 7.59 Å². The van der Waals surface area contributed by atoms with Gasteiger partial charge in [0.25, 0.3) is 0 Å². The van der Waals surface area contributed by atoms with Gasteiger partial charge in [-0.15, -0.1) is 0 Å². The Balaban J connectivity index is 2.13. The third-order valence-corrected chi connectivity index (χ3v) is 4.89. The van der Waals surface area contributed by atoms with Gasteiger partial charge in [-0.25, -0.2) is 5.50 Å². The molecule has 0 spiro atoms. The van der Waals surface area contributed by atoms with Crippen LogP contribution in [-0.2, 0) is 9.36 Å². The molecule has 5 N–H and O–H groups in total. The van der Waals surface area contributed by atoms with Crippen molar-refractivity contribution in [2.75, 3.05) is 18.7 Å². The minimum absolute atomic E-state index is 0.351. The zero-order valence-corrected chi connectivity index (χ0v) is 12.2. The van der Waals surface area contributed by atoms with Crippen molar-refractivity contribution in [3.8, 4) is 5.75 Å². The fraction of sp³-hybridized carbons (Fsp3) is 0.417. The largest absolute Gasteiger partial charge is 0.497 e. The molecule has 1 aliphatic heterocycles. The summed E-state index contributed by atoms with van der Waals surface area (Å²) in [4.78, 5) is 12.0. The first-order valence-corrected chi connectivity index (χ1v) is 8.05. The van der Waals surface area contributed by atoms with Crippen LogP contribution in [0, 0.1) is 0 Å². The van der Waals surface area contributed by atoms with Gasteiger partial charge in [0, 0.05) is 12.2 Å². The molecule has 7 nitrogen and oxygen atoms in total. The summed E-state index contributed by atoms with van der Waals surface area (Å²) in [5.41, 5.74) is 12.1. The standard InChI is InChI=1S/C12H19N4O3P/c1-19-10-6-4-9(5-7-10)15-20(14,18)16-8-2-3-11(13)12(16)17/h4-7,11H,2-3,8,13H2,1H3,(H3,14,15,18)/t11-,20?/m0/s1. The van der Waals surface area contributed by atoms with Crippen molar-refractivity contribution >= 4 is 19.2 Å². The summed E-state index contributed by atoms with van der Waals surface area (Å²) in [6.07, 6.45) is 1.29. The fourth-order valence-corrected chi connectivity index (χ4v) is 3.61. The van der Waals surface area contributed by atoms with Crippen LogP contribution in [0.1, 0.15) is 12.8 Å². The van der Waals surface area contributed by atoms with E-state index in [1.807, 2.05) is 0 Å². The summed E-state index contributed by atoms with van der Waals surface area (Å²) in [7, 11) is -1.93. The SMILES string of the molecule is COc1ccc(NP(N)(=O)N2CCC[C@H](N)C2=O)cc1. The van der Waals surface area contributed by atoms with Crippen LogP contribution in [-0.4, -0.2) is 30.3 Å². The first-order valence-electron chi connectivity index (χ1n) is 6.32. The minimum atomic E-state index is -3.49. The lowest BCUT2D eigenvalue weighted by Crippen LogP contribution is -2.48. The van der Waals surface area contributed by atoms with Gasteiger partial charge < -0.3 is 15.6 Å². The van der Waals surface area contributed by atoms with E-state index in [0.717, 1.165) is 4.67 Å². The highest BCUT2D eigenvalue weighted by Gasteiger charge is 2.36. The van der Waals surface area contributed by atoms with Gasteiger partial charge in [0.2, 0.25) is 5.91 Å². The molecule has 0 aromatic heterocycles. The molecule has 1 amide bonds. The van der Waals surface area contributed by atoms with Crippen molar-refractivity contribution in [2.45, 2.75) is 18.9 Å². The van der Waals surface area contributed by atoms with Crippen molar-refractivity contribution in [1.29, 1.82) is 0 Å². The van der Waals surface area contributed by atoms with Gasteiger partial charge >= 0.3 is 7.59 Å². The maximum atomic E-state index is 12.5. The van der Waals surface area contributed by atoms with E-state index in [1.54, 1.807) is 31.4 Å². The molecule has 1 aromatic carbocycles. The van der Waals surface area contributed by atoms with Crippen LogP contribution in [0.5, 0.6) is 5.75 Å². The number of benzene rings is 1. The predicted molar refractivity (Wildman–Crippen MR) is 77.3 cm³/mol. The number of amides is 1. The summed E-state index contributed by atoms with van der Waals surface area (Å²) in [6.45, 7) is 0.351. The van der Waals surface area contributed by atoms with Crippen LogP contribution in [0.4, 0.5) is 5.69 Å². The number of rotatable bonds is 4. The second-order valence-corrected chi connectivity index (χ2v) is 6.63. The average molecular weight is 298 g/mol. The number of nitrogens with zero attached hydrogens (tertiary/aromatic N) is 1. The van der Waals surface area contributed by atoms with Crippen molar-refractivity contribution in [2.24, 2.45) is 11.2 Å². The molecule has 0 bridgehead atoms. The van der Waals surface area contributed by atoms with Crippen LogP contribution in [0.3, 0.4) is 0 Å². The molecule has 1 saturated heterocycles. The van der Waals surface area contributed by atoms with Crippen LogP contribution in [0.25, 0.3) is 0 Å². The zero-order valence-electron chi connectivity index (χ0n) is 11.3. The molecule has 8 heteroatoms. The van der Waals surface area contributed by atoms with Crippen LogP contribution in [0.2, 0.25) is 0 Å². The number of hydrogen-bond donors (Lipinski definition) is 3. The number of nitrogens with one attached hydrogen (secondary N) is 1. The number of anilines is 1. The molecule has 1 aromatic rings. The molecule has 1 fully saturated rings. The van der Waals surface area contributed by atoms with Gasteiger partial charge in [-0.1, -0.05) is 0 Å². The average Bonchev–Trinajstić information content (AvgIpc) is 2.42. The molecule has 1 aliphatic rings. The molecule has 0 radical (unpaired) electrons. The van der Waals surface area contributed by atoms with Crippen molar-refractivity contribution in [3.05, 3.63) is 24.3 Å². The van der Waals surface area contributed by atoms with E-state index in [1.165, 1.54) is 0 Å². The smallest absolute Gasteiger partial charge is 0.330 e. The zero-order chi connectivity index (χ0) is 14.8. The quantitative estimate of drug-likeness (QED) is 0.718. The van der Waals surface area contributed by atoms with Gasteiger partial charge in [0.05, 0.1) is 13.2 Å². The Morgan fingerprint density at radius 1 is 1.40 bits per heavy atom. The molecule has 1 heterocycles. The van der Waals surface area contributed by atoms with Gasteiger partial charge in [-0.2, -0.15) is 0 Å². The first kappa shape index (κ1) is 14.8. The van der Waals surface area contributed by atoms with Crippen molar-refractivity contribution in [3.63, 3.8) is 0 Å². The van der Waals surface area contributed by atoms with E-state index < -0.39 is 13.6 Å². The minimum Gasteiger partial charge on any atom is -0.497 e. The molecule has 1 unspecified atom stereocenters. The molecule has 0 aliphatic carbocycles. The lowest BCUT2D eigenvalue weighted by atomic mass is 10.1. The Morgan fingerprint density at radius 3 is 2.65 bits per heavy atom. The summed E-state index contributed by atoms with van der Waals surface area (Å²) < 4.78 is 18.7. The maximum absolute atomic E-state index is 12.5. The summed E-state index contributed by atoms with van der Waals surface area (Å²) in [6, 6.07) is 6.18. The molecular weight excluding hydrogens is 279 g/mol. The summed E-state index contributed by atoms with van der Waals surface area (Å²) in [5, 5.41) is 2.72. The number of ether oxygens (including phenoxy) is 1. The van der Waals surface area contributed by atoms with E-state index in [0.29, 0.717) is 30.8 Å². The number of carbonyl (C=O) groups is 1. The highest BCUT2D eigenvalue weighted by Crippen LogP contribution is 2.43. The summed E-state index contributed by atoms with van der Waals surface area (Å²) >= 11 is 0.